The lowest BCUT2D eigenvalue weighted by Gasteiger charge is -2.09. The molecular weight excluding hydrogens is 320 g/mol. The zero-order chi connectivity index (χ0) is 18.1. The van der Waals surface area contributed by atoms with Gasteiger partial charge in [-0.25, -0.2) is 4.68 Å². The Balaban J connectivity index is 1.90. The number of hydrogen-bond acceptors (Lipinski definition) is 3. The SMILES string of the molecule is Cc1cc(C)cc(-c2nn(-c3ccc(C#N)cc3)c3c2CCCCN3)c1. The highest BCUT2D eigenvalue weighted by Gasteiger charge is 2.21. The van der Waals surface area contributed by atoms with Crippen molar-refractivity contribution in [3.05, 3.63) is 64.7 Å². The number of rotatable bonds is 2. The van der Waals surface area contributed by atoms with Gasteiger partial charge in [0.25, 0.3) is 0 Å². The summed E-state index contributed by atoms with van der Waals surface area (Å²) in [7, 11) is 0. The maximum atomic E-state index is 9.05. The molecular formula is C22H22N4. The minimum Gasteiger partial charge on any atom is -0.370 e. The van der Waals surface area contributed by atoms with Crippen molar-refractivity contribution in [1.29, 1.82) is 5.26 Å². The van der Waals surface area contributed by atoms with Crippen molar-refractivity contribution in [1.82, 2.24) is 9.78 Å². The summed E-state index contributed by atoms with van der Waals surface area (Å²) >= 11 is 0. The molecule has 0 unspecified atom stereocenters. The number of fused-ring (bicyclic) bond motifs is 1. The normalized spacial score (nSPS) is 13.4. The van der Waals surface area contributed by atoms with Gasteiger partial charge in [-0.05, 0) is 69.5 Å². The number of benzene rings is 2. The summed E-state index contributed by atoms with van der Waals surface area (Å²) in [6, 6.07) is 16.4. The topological polar surface area (TPSA) is 53.6 Å². The highest BCUT2D eigenvalue weighted by molar-refractivity contribution is 5.72. The summed E-state index contributed by atoms with van der Waals surface area (Å²) in [6.07, 6.45) is 3.35. The molecule has 2 aromatic carbocycles. The summed E-state index contributed by atoms with van der Waals surface area (Å²) in [5.41, 5.74) is 7.67. The molecule has 1 N–H and O–H groups in total. The highest BCUT2D eigenvalue weighted by atomic mass is 15.3. The van der Waals surface area contributed by atoms with Crippen LogP contribution in [0, 0.1) is 25.2 Å². The first-order chi connectivity index (χ1) is 12.7. The quantitative estimate of drug-likeness (QED) is 0.729. The average Bonchev–Trinajstić information content (AvgIpc) is 2.82. The van der Waals surface area contributed by atoms with Gasteiger partial charge in [0.1, 0.15) is 5.82 Å². The molecule has 130 valence electrons. The molecule has 4 rings (SSSR count). The summed E-state index contributed by atoms with van der Waals surface area (Å²) in [4.78, 5) is 0. The number of aromatic nitrogens is 2. The molecule has 1 aliphatic rings. The van der Waals surface area contributed by atoms with Gasteiger partial charge >= 0.3 is 0 Å². The first-order valence-electron chi connectivity index (χ1n) is 9.10. The van der Waals surface area contributed by atoms with Crippen molar-refractivity contribution in [2.24, 2.45) is 0 Å². The van der Waals surface area contributed by atoms with Gasteiger partial charge < -0.3 is 5.32 Å². The van der Waals surface area contributed by atoms with Gasteiger partial charge in [0.2, 0.25) is 0 Å². The first kappa shape index (κ1) is 16.4. The number of nitrogens with one attached hydrogen (secondary N) is 1. The summed E-state index contributed by atoms with van der Waals surface area (Å²) in [5, 5.41) is 17.6. The van der Waals surface area contributed by atoms with Crippen LogP contribution in [0.25, 0.3) is 16.9 Å². The van der Waals surface area contributed by atoms with Crippen molar-refractivity contribution < 1.29 is 0 Å². The number of nitrogens with zero attached hydrogens (tertiary/aromatic N) is 3. The lowest BCUT2D eigenvalue weighted by molar-refractivity contribution is 0.780. The van der Waals surface area contributed by atoms with E-state index in [-0.39, 0.29) is 0 Å². The van der Waals surface area contributed by atoms with E-state index in [1.54, 1.807) is 0 Å². The number of hydrogen-bond donors (Lipinski definition) is 1. The molecule has 0 spiro atoms. The predicted molar refractivity (Wildman–Crippen MR) is 105 cm³/mol. The van der Waals surface area contributed by atoms with E-state index in [1.807, 2.05) is 28.9 Å². The van der Waals surface area contributed by atoms with Crippen LogP contribution in [-0.2, 0) is 6.42 Å². The zero-order valence-electron chi connectivity index (χ0n) is 15.2. The third kappa shape index (κ3) is 2.97. The lowest BCUT2D eigenvalue weighted by atomic mass is 10.00. The van der Waals surface area contributed by atoms with E-state index in [0.29, 0.717) is 5.56 Å². The van der Waals surface area contributed by atoms with E-state index in [4.69, 9.17) is 10.4 Å². The second-order valence-electron chi connectivity index (χ2n) is 7.01. The molecule has 2 heterocycles. The molecule has 0 amide bonds. The standard InChI is InChI=1S/C22H22N4/c1-15-11-16(2)13-18(12-15)21-20-5-3-4-10-24-22(20)26(25-21)19-8-6-17(14-23)7-9-19/h6-9,11-13,24H,3-5,10H2,1-2H3. The molecule has 0 saturated heterocycles. The lowest BCUT2D eigenvalue weighted by Crippen LogP contribution is -2.07. The van der Waals surface area contributed by atoms with E-state index < -0.39 is 0 Å². The Morgan fingerprint density at radius 2 is 1.77 bits per heavy atom. The van der Waals surface area contributed by atoms with Gasteiger partial charge in [0.15, 0.2) is 0 Å². The maximum Gasteiger partial charge on any atom is 0.133 e. The average molecular weight is 342 g/mol. The van der Waals surface area contributed by atoms with Gasteiger partial charge in [-0.3, -0.25) is 0 Å². The Morgan fingerprint density at radius 3 is 2.46 bits per heavy atom. The summed E-state index contributed by atoms with van der Waals surface area (Å²) in [6.45, 7) is 5.22. The minimum absolute atomic E-state index is 0.662. The van der Waals surface area contributed by atoms with Crippen LogP contribution in [0.1, 0.15) is 35.1 Å². The Labute approximate surface area is 154 Å². The largest absolute Gasteiger partial charge is 0.370 e. The van der Waals surface area contributed by atoms with E-state index >= 15 is 0 Å². The van der Waals surface area contributed by atoms with E-state index in [2.05, 4.69) is 43.4 Å². The van der Waals surface area contributed by atoms with Crippen LogP contribution in [-0.4, -0.2) is 16.3 Å². The molecule has 1 aromatic heterocycles. The third-order valence-electron chi connectivity index (χ3n) is 4.87. The number of aryl methyl sites for hydroxylation is 2. The van der Waals surface area contributed by atoms with Crippen LogP contribution in [0.5, 0.6) is 0 Å². The Kier molecular flexibility index (Phi) is 4.22. The number of nitriles is 1. The summed E-state index contributed by atoms with van der Waals surface area (Å²) in [5.74, 6) is 1.08. The van der Waals surface area contributed by atoms with Gasteiger partial charge in [-0.1, -0.05) is 17.2 Å². The fourth-order valence-corrected chi connectivity index (χ4v) is 3.71. The Morgan fingerprint density at radius 1 is 1.04 bits per heavy atom. The molecule has 0 saturated carbocycles. The second-order valence-corrected chi connectivity index (χ2v) is 7.01. The molecule has 0 atom stereocenters. The van der Waals surface area contributed by atoms with Gasteiger partial charge in [0.05, 0.1) is 23.0 Å². The molecule has 1 aliphatic heterocycles. The molecule has 0 aliphatic carbocycles. The van der Waals surface area contributed by atoms with Gasteiger partial charge in [0, 0.05) is 17.7 Å². The van der Waals surface area contributed by atoms with Crippen LogP contribution in [0.15, 0.2) is 42.5 Å². The first-order valence-corrected chi connectivity index (χ1v) is 9.10. The van der Waals surface area contributed by atoms with Crippen molar-refractivity contribution >= 4 is 5.82 Å². The molecule has 0 fully saturated rings. The summed E-state index contributed by atoms with van der Waals surface area (Å²) < 4.78 is 1.99. The zero-order valence-corrected chi connectivity index (χ0v) is 15.2. The van der Waals surface area contributed by atoms with Crippen LogP contribution >= 0.6 is 0 Å². The van der Waals surface area contributed by atoms with Crippen molar-refractivity contribution in [2.75, 3.05) is 11.9 Å². The smallest absolute Gasteiger partial charge is 0.133 e. The van der Waals surface area contributed by atoms with E-state index in [9.17, 15) is 0 Å². The van der Waals surface area contributed by atoms with Crippen LogP contribution < -0.4 is 5.32 Å². The van der Waals surface area contributed by atoms with Gasteiger partial charge in [-0.15, -0.1) is 0 Å². The second kappa shape index (κ2) is 6.68. The van der Waals surface area contributed by atoms with E-state index in [0.717, 1.165) is 43.0 Å². The third-order valence-corrected chi connectivity index (χ3v) is 4.87. The van der Waals surface area contributed by atoms with E-state index in [1.165, 1.54) is 22.3 Å². The Hall–Kier alpha value is -3.06. The molecule has 4 heteroatoms. The predicted octanol–water partition coefficient (Wildman–Crippen LogP) is 4.78. The molecule has 0 radical (unpaired) electrons. The number of anilines is 1. The fourth-order valence-electron chi connectivity index (χ4n) is 3.71. The highest BCUT2D eigenvalue weighted by Crippen LogP contribution is 2.34. The van der Waals surface area contributed by atoms with Gasteiger partial charge in [-0.2, -0.15) is 10.4 Å². The molecule has 3 aromatic rings. The molecule has 0 bridgehead atoms. The minimum atomic E-state index is 0.662. The molecule has 4 nitrogen and oxygen atoms in total. The molecule has 26 heavy (non-hydrogen) atoms. The Bertz CT molecular complexity index is 970. The monoisotopic (exact) mass is 342 g/mol. The van der Waals surface area contributed by atoms with Crippen LogP contribution in [0.4, 0.5) is 5.82 Å². The van der Waals surface area contributed by atoms with Crippen molar-refractivity contribution in [2.45, 2.75) is 33.1 Å². The maximum absolute atomic E-state index is 9.05. The van der Waals surface area contributed by atoms with Crippen LogP contribution in [0.2, 0.25) is 0 Å². The van der Waals surface area contributed by atoms with Crippen molar-refractivity contribution in [3.63, 3.8) is 0 Å². The van der Waals surface area contributed by atoms with Crippen LogP contribution in [0.3, 0.4) is 0 Å². The van der Waals surface area contributed by atoms with Crippen molar-refractivity contribution in [3.8, 4) is 23.0 Å². The fraction of sp³-hybridized carbons (Fsp3) is 0.273.